The Morgan fingerprint density at radius 2 is 1.88 bits per heavy atom. The molecule has 0 saturated heterocycles. The highest BCUT2D eigenvalue weighted by atomic mass is 19.4. The molecule has 1 fully saturated rings. The summed E-state index contributed by atoms with van der Waals surface area (Å²) >= 11 is 0. The Balaban J connectivity index is 2.35. The number of rotatable bonds is 4. The Morgan fingerprint density at radius 1 is 1.25 bits per heavy atom. The molecule has 0 N–H and O–H groups in total. The van der Waals surface area contributed by atoms with Crippen LogP contribution in [0.4, 0.5) is 22.0 Å². The molecule has 0 heterocycles. The van der Waals surface area contributed by atoms with E-state index in [-0.39, 0.29) is 5.92 Å². The van der Waals surface area contributed by atoms with E-state index in [4.69, 9.17) is 0 Å². The summed E-state index contributed by atoms with van der Waals surface area (Å²) in [5.41, 5.74) is 0. The molecule has 1 nitrogen and oxygen atoms in total. The van der Waals surface area contributed by atoms with Crippen LogP contribution in [0.2, 0.25) is 0 Å². The van der Waals surface area contributed by atoms with E-state index in [1.807, 2.05) is 0 Å². The first-order valence-corrected chi connectivity index (χ1v) is 4.95. The van der Waals surface area contributed by atoms with Gasteiger partial charge in [0.25, 0.3) is 0 Å². The van der Waals surface area contributed by atoms with Crippen LogP contribution in [0.25, 0.3) is 0 Å². The van der Waals surface area contributed by atoms with E-state index in [0.29, 0.717) is 19.3 Å². The number of ether oxygens (including phenoxy) is 1. The van der Waals surface area contributed by atoms with Crippen molar-refractivity contribution < 1.29 is 26.7 Å². The van der Waals surface area contributed by atoms with Gasteiger partial charge in [0, 0.05) is 0 Å². The summed E-state index contributed by atoms with van der Waals surface area (Å²) in [6, 6.07) is 0. The number of halogens is 5. The van der Waals surface area contributed by atoms with Crippen molar-refractivity contribution >= 4 is 0 Å². The molecular weight excluding hydrogens is 231 g/mol. The van der Waals surface area contributed by atoms with Crippen molar-refractivity contribution in [3.8, 4) is 0 Å². The average Bonchev–Trinajstić information content (AvgIpc) is 2.60. The van der Waals surface area contributed by atoms with Crippen molar-refractivity contribution in [1.82, 2.24) is 0 Å². The van der Waals surface area contributed by atoms with Gasteiger partial charge in [-0.3, -0.25) is 0 Å². The van der Waals surface area contributed by atoms with Crippen molar-refractivity contribution in [2.24, 2.45) is 5.92 Å². The maximum absolute atomic E-state index is 12.5. The summed E-state index contributed by atoms with van der Waals surface area (Å²) in [6.45, 7) is 2.04. The molecule has 2 atom stereocenters. The van der Waals surface area contributed by atoms with Crippen LogP contribution < -0.4 is 0 Å². The van der Waals surface area contributed by atoms with Gasteiger partial charge in [-0.05, 0) is 25.2 Å². The quantitative estimate of drug-likeness (QED) is 0.688. The molecule has 1 rings (SSSR count). The molecule has 2 radical (unpaired) electrons. The van der Waals surface area contributed by atoms with E-state index in [1.54, 1.807) is 6.42 Å². The second kappa shape index (κ2) is 4.85. The Labute approximate surface area is 91.0 Å². The van der Waals surface area contributed by atoms with Gasteiger partial charge >= 0.3 is 12.1 Å². The fourth-order valence-corrected chi connectivity index (χ4v) is 1.53. The summed E-state index contributed by atoms with van der Waals surface area (Å²) in [7, 11) is 0. The lowest BCUT2D eigenvalue weighted by molar-refractivity contribution is -0.299. The zero-order chi connectivity index (χ0) is 12.4. The molecular formula is C10H13F5O. The molecule has 0 aromatic heterocycles. The van der Waals surface area contributed by atoms with Gasteiger partial charge in [0.05, 0.1) is 6.10 Å². The first kappa shape index (κ1) is 13.7. The Bertz CT molecular complexity index is 226. The van der Waals surface area contributed by atoms with Gasteiger partial charge < -0.3 is 4.74 Å². The fourth-order valence-electron chi connectivity index (χ4n) is 1.53. The molecule has 2 unspecified atom stereocenters. The second-order valence-corrected chi connectivity index (χ2v) is 3.91. The van der Waals surface area contributed by atoms with E-state index < -0.39 is 24.8 Å². The molecule has 6 heteroatoms. The first-order valence-electron chi connectivity index (χ1n) is 4.95. The second-order valence-electron chi connectivity index (χ2n) is 3.91. The Morgan fingerprint density at radius 3 is 2.31 bits per heavy atom. The van der Waals surface area contributed by atoms with Gasteiger partial charge in [-0.1, -0.05) is 13.3 Å². The van der Waals surface area contributed by atoms with Gasteiger partial charge in [0.1, 0.15) is 6.61 Å². The average molecular weight is 244 g/mol. The van der Waals surface area contributed by atoms with Crippen LogP contribution in [0.1, 0.15) is 19.3 Å². The topological polar surface area (TPSA) is 9.23 Å². The van der Waals surface area contributed by atoms with Crippen LogP contribution in [0.3, 0.4) is 0 Å². The molecule has 16 heavy (non-hydrogen) atoms. The lowest BCUT2D eigenvalue weighted by Gasteiger charge is -2.21. The summed E-state index contributed by atoms with van der Waals surface area (Å²) in [5.74, 6) is -4.55. The predicted octanol–water partition coefficient (Wildman–Crippen LogP) is 3.41. The highest BCUT2D eigenvalue weighted by Crippen LogP contribution is 2.37. The van der Waals surface area contributed by atoms with E-state index in [2.05, 4.69) is 11.7 Å². The molecule has 0 aromatic rings. The van der Waals surface area contributed by atoms with Gasteiger partial charge in [-0.2, -0.15) is 22.0 Å². The van der Waals surface area contributed by atoms with Gasteiger partial charge in [0.2, 0.25) is 0 Å². The maximum Gasteiger partial charge on any atom is 0.455 e. The third-order valence-corrected chi connectivity index (χ3v) is 2.60. The standard InChI is InChI=1S/C10H13F5O/c1-2-7-3-4-8(5-7)16-6-9(11,12)10(13,14)15/h4,7-8H,1-3,5-6H2. The highest BCUT2D eigenvalue weighted by Gasteiger charge is 2.57. The predicted molar refractivity (Wildman–Crippen MR) is 47.7 cm³/mol. The van der Waals surface area contributed by atoms with Crippen LogP contribution in [-0.4, -0.2) is 24.8 Å². The SMILES string of the molecule is [CH2]CC1C[CH]C(OCC(F)(F)C(F)(F)F)C1. The van der Waals surface area contributed by atoms with Gasteiger partial charge in [-0.15, -0.1) is 0 Å². The molecule has 0 amide bonds. The minimum Gasteiger partial charge on any atom is -0.371 e. The number of hydrogen-bond acceptors (Lipinski definition) is 1. The van der Waals surface area contributed by atoms with Crippen LogP contribution in [0.15, 0.2) is 0 Å². The highest BCUT2D eigenvalue weighted by molar-refractivity contribution is 4.91. The summed E-state index contributed by atoms with van der Waals surface area (Å²) in [5, 5.41) is 0. The molecule has 0 aromatic carbocycles. The van der Waals surface area contributed by atoms with Crippen LogP contribution in [0, 0.1) is 19.3 Å². The molecule has 94 valence electrons. The lowest BCUT2D eigenvalue weighted by atomic mass is 10.1. The lowest BCUT2D eigenvalue weighted by Crippen LogP contribution is -2.41. The largest absolute Gasteiger partial charge is 0.455 e. The Kier molecular flexibility index (Phi) is 4.15. The molecule has 0 bridgehead atoms. The summed E-state index contributed by atoms with van der Waals surface area (Å²) < 4.78 is 64.9. The third kappa shape index (κ3) is 3.30. The van der Waals surface area contributed by atoms with Crippen LogP contribution in [0.5, 0.6) is 0 Å². The number of hydrogen-bond donors (Lipinski definition) is 0. The molecule has 1 aliphatic carbocycles. The normalized spacial score (nSPS) is 27.4. The summed E-state index contributed by atoms with van der Waals surface area (Å²) in [4.78, 5) is 0. The third-order valence-electron chi connectivity index (χ3n) is 2.60. The Hall–Kier alpha value is -0.390. The summed E-state index contributed by atoms with van der Waals surface area (Å²) in [6.07, 6.45) is -2.77. The number of alkyl halides is 5. The van der Waals surface area contributed by atoms with Crippen molar-refractivity contribution in [3.05, 3.63) is 13.3 Å². The monoisotopic (exact) mass is 244 g/mol. The van der Waals surface area contributed by atoms with Gasteiger partial charge in [0.15, 0.2) is 0 Å². The smallest absolute Gasteiger partial charge is 0.371 e. The maximum atomic E-state index is 12.5. The minimum absolute atomic E-state index is 0.226. The van der Waals surface area contributed by atoms with Crippen molar-refractivity contribution in [2.45, 2.75) is 37.5 Å². The first-order chi connectivity index (χ1) is 7.26. The molecule has 0 aliphatic heterocycles. The zero-order valence-corrected chi connectivity index (χ0v) is 8.57. The van der Waals surface area contributed by atoms with E-state index in [0.717, 1.165) is 0 Å². The van der Waals surface area contributed by atoms with Crippen molar-refractivity contribution in [3.63, 3.8) is 0 Å². The van der Waals surface area contributed by atoms with Crippen LogP contribution in [-0.2, 0) is 4.74 Å². The molecule has 1 aliphatic rings. The zero-order valence-electron chi connectivity index (χ0n) is 8.57. The fraction of sp³-hybridized carbons (Fsp3) is 0.800. The van der Waals surface area contributed by atoms with E-state index >= 15 is 0 Å². The molecule has 0 spiro atoms. The van der Waals surface area contributed by atoms with Crippen molar-refractivity contribution in [1.29, 1.82) is 0 Å². The van der Waals surface area contributed by atoms with Gasteiger partial charge in [-0.25, -0.2) is 0 Å². The van der Waals surface area contributed by atoms with Crippen LogP contribution >= 0.6 is 0 Å². The van der Waals surface area contributed by atoms with Crippen molar-refractivity contribution in [2.75, 3.05) is 6.61 Å². The van der Waals surface area contributed by atoms with E-state index in [1.165, 1.54) is 0 Å². The molecule has 1 saturated carbocycles. The van der Waals surface area contributed by atoms with E-state index in [9.17, 15) is 22.0 Å². The minimum atomic E-state index is -5.54.